The summed E-state index contributed by atoms with van der Waals surface area (Å²) in [6, 6.07) is 63.5. The maximum absolute atomic E-state index is 5.19. The van der Waals surface area contributed by atoms with Crippen molar-refractivity contribution in [3.8, 4) is 77.3 Å². The van der Waals surface area contributed by atoms with E-state index in [2.05, 4.69) is 133 Å². The predicted molar refractivity (Wildman–Crippen MR) is 226 cm³/mol. The van der Waals surface area contributed by atoms with E-state index >= 15 is 0 Å². The van der Waals surface area contributed by atoms with Gasteiger partial charge in [-0.3, -0.25) is 0 Å². The molecular weight excluding hydrogens is 697 g/mol. The minimum atomic E-state index is 0.676. The van der Waals surface area contributed by atoms with Gasteiger partial charge in [0.15, 0.2) is 5.82 Å². The number of thiazole rings is 2. The molecule has 0 aliphatic carbocycles. The van der Waals surface area contributed by atoms with Crippen molar-refractivity contribution >= 4 is 43.1 Å². The van der Waals surface area contributed by atoms with Gasteiger partial charge in [0.2, 0.25) is 0 Å². The highest BCUT2D eigenvalue weighted by Crippen LogP contribution is 2.37. The van der Waals surface area contributed by atoms with E-state index in [1.54, 1.807) is 22.7 Å². The van der Waals surface area contributed by atoms with Gasteiger partial charge in [-0.1, -0.05) is 133 Å². The molecule has 4 nitrogen and oxygen atoms in total. The number of benzene rings is 7. The Bertz CT molecular complexity index is 2660. The van der Waals surface area contributed by atoms with Crippen LogP contribution in [0.4, 0.5) is 0 Å². The molecule has 0 amide bonds. The van der Waals surface area contributed by atoms with Gasteiger partial charge < -0.3 is 0 Å². The lowest BCUT2D eigenvalue weighted by Crippen LogP contribution is -1.97. The van der Waals surface area contributed by atoms with E-state index in [4.69, 9.17) is 19.9 Å². The van der Waals surface area contributed by atoms with Crippen molar-refractivity contribution < 1.29 is 0 Å². The Hall–Kier alpha value is -6.60. The van der Waals surface area contributed by atoms with Crippen molar-refractivity contribution in [2.45, 2.75) is 0 Å². The molecule has 10 rings (SSSR count). The molecule has 0 aliphatic rings. The molecule has 0 fully saturated rings. The van der Waals surface area contributed by atoms with E-state index in [0.717, 1.165) is 82.5 Å². The van der Waals surface area contributed by atoms with Crippen LogP contribution >= 0.6 is 22.7 Å². The normalized spacial score (nSPS) is 11.3. The van der Waals surface area contributed by atoms with Crippen LogP contribution < -0.4 is 0 Å². The average molecular weight is 727 g/mol. The molecule has 0 unspecified atom stereocenters. The van der Waals surface area contributed by atoms with Gasteiger partial charge >= 0.3 is 0 Å². The second kappa shape index (κ2) is 13.7. The zero-order valence-electron chi connectivity index (χ0n) is 28.9. The minimum absolute atomic E-state index is 0.676. The lowest BCUT2D eigenvalue weighted by Gasteiger charge is -2.13. The van der Waals surface area contributed by atoms with Gasteiger partial charge in [-0.05, 0) is 70.8 Å². The Balaban J connectivity index is 1.10. The molecular formula is C48H30N4S2. The molecule has 0 saturated carbocycles. The molecule has 0 N–H and O–H groups in total. The van der Waals surface area contributed by atoms with Gasteiger partial charge in [0.25, 0.3) is 0 Å². The van der Waals surface area contributed by atoms with E-state index < -0.39 is 0 Å². The molecule has 0 radical (unpaired) electrons. The van der Waals surface area contributed by atoms with E-state index in [1.807, 2.05) is 48.5 Å². The third-order valence-corrected chi connectivity index (χ3v) is 11.7. The van der Waals surface area contributed by atoms with Crippen molar-refractivity contribution in [2.75, 3.05) is 0 Å². The van der Waals surface area contributed by atoms with Crippen LogP contribution in [0.3, 0.4) is 0 Å². The Morgan fingerprint density at radius 2 is 0.667 bits per heavy atom. The first-order valence-corrected chi connectivity index (χ1v) is 19.4. The number of nitrogens with zero attached hydrogens (tertiary/aromatic N) is 4. The van der Waals surface area contributed by atoms with Gasteiger partial charge in [-0.25, -0.2) is 19.9 Å². The van der Waals surface area contributed by atoms with Crippen molar-refractivity contribution in [1.29, 1.82) is 0 Å². The van der Waals surface area contributed by atoms with Crippen LogP contribution in [0.5, 0.6) is 0 Å². The third-order valence-electron chi connectivity index (χ3n) is 9.57. The summed E-state index contributed by atoms with van der Waals surface area (Å²) in [7, 11) is 0. The maximum atomic E-state index is 5.19. The molecule has 0 aliphatic heterocycles. The zero-order chi connectivity index (χ0) is 35.8. The first-order valence-electron chi connectivity index (χ1n) is 17.8. The molecule has 6 heteroatoms. The van der Waals surface area contributed by atoms with Gasteiger partial charge in [0.1, 0.15) is 10.0 Å². The highest BCUT2D eigenvalue weighted by atomic mass is 32.1. The molecule has 0 spiro atoms. The molecule has 0 bridgehead atoms. The van der Waals surface area contributed by atoms with E-state index in [1.165, 1.54) is 9.40 Å². The summed E-state index contributed by atoms with van der Waals surface area (Å²) in [5, 5.41) is 2.04. The van der Waals surface area contributed by atoms with Crippen LogP contribution in [0, 0.1) is 0 Å². The summed E-state index contributed by atoms with van der Waals surface area (Å²) in [4.78, 5) is 20.2. The predicted octanol–water partition coefficient (Wildman–Crippen LogP) is 13.4. The van der Waals surface area contributed by atoms with Crippen molar-refractivity contribution in [2.24, 2.45) is 0 Å². The first kappa shape index (κ1) is 32.1. The fraction of sp³-hybridized carbons (Fsp3) is 0. The Kier molecular flexibility index (Phi) is 8.17. The van der Waals surface area contributed by atoms with E-state index in [-0.39, 0.29) is 0 Å². The molecule has 7 aromatic carbocycles. The second-order valence-electron chi connectivity index (χ2n) is 13.1. The van der Waals surface area contributed by atoms with E-state index in [9.17, 15) is 0 Å². The van der Waals surface area contributed by atoms with Crippen LogP contribution in [-0.4, -0.2) is 19.9 Å². The molecule has 254 valence electrons. The fourth-order valence-electron chi connectivity index (χ4n) is 6.78. The SMILES string of the molecule is c1ccc(-c2cc(-c3ccccc3)nc(-c3cc(-c4ccc(-c5nc6ccccc6s5)cc4)cc(-c4ccc(-c5nc6ccccc6s5)cc4)c3)n2)cc1. The summed E-state index contributed by atoms with van der Waals surface area (Å²) < 4.78 is 2.38. The monoisotopic (exact) mass is 726 g/mol. The van der Waals surface area contributed by atoms with Crippen molar-refractivity contribution in [3.05, 3.63) is 182 Å². The van der Waals surface area contributed by atoms with Crippen LogP contribution in [0.15, 0.2) is 182 Å². The Labute approximate surface area is 320 Å². The van der Waals surface area contributed by atoms with Gasteiger partial charge in [0, 0.05) is 27.8 Å². The number of para-hydroxylation sites is 2. The lowest BCUT2D eigenvalue weighted by atomic mass is 9.94. The van der Waals surface area contributed by atoms with Gasteiger partial charge in [0.05, 0.1) is 31.8 Å². The number of fused-ring (bicyclic) bond motifs is 2. The maximum Gasteiger partial charge on any atom is 0.160 e. The van der Waals surface area contributed by atoms with Crippen LogP contribution in [0.25, 0.3) is 97.7 Å². The van der Waals surface area contributed by atoms with Crippen LogP contribution in [-0.2, 0) is 0 Å². The zero-order valence-corrected chi connectivity index (χ0v) is 30.6. The minimum Gasteiger partial charge on any atom is -0.236 e. The van der Waals surface area contributed by atoms with Gasteiger partial charge in [-0.15, -0.1) is 22.7 Å². The largest absolute Gasteiger partial charge is 0.236 e. The first-order chi connectivity index (χ1) is 26.7. The topological polar surface area (TPSA) is 51.6 Å². The average Bonchev–Trinajstić information content (AvgIpc) is 3.89. The molecule has 0 atom stereocenters. The van der Waals surface area contributed by atoms with Crippen molar-refractivity contribution in [3.63, 3.8) is 0 Å². The molecule has 0 saturated heterocycles. The number of rotatable bonds is 7. The number of aromatic nitrogens is 4. The molecule has 3 aromatic heterocycles. The summed E-state index contributed by atoms with van der Waals surface area (Å²) in [5.41, 5.74) is 13.5. The second-order valence-corrected chi connectivity index (χ2v) is 15.2. The summed E-state index contributed by atoms with van der Waals surface area (Å²) in [6.07, 6.45) is 0. The summed E-state index contributed by atoms with van der Waals surface area (Å²) in [6.45, 7) is 0. The summed E-state index contributed by atoms with van der Waals surface area (Å²) in [5.74, 6) is 0.676. The number of hydrogen-bond donors (Lipinski definition) is 0. The van der Waals surface area contributed by atoms with Crippen LogP contribution in [0.2, 0.25) is 0 Å². The molecule has 54 heavy (non-hydrogen) atoms. The van der Waals surface area contributed by atoms with Crippen molar-refractivity contribution in [1.82, 2.24) is 19.9 Å². The van der Waals surface area contributed by atoms with E-state index in [0.29, 0.717) is 5.82 Å². The smallest absolute Gasteiger partial charge is 0.160 e. The number of hydrogen-bond acceptors (Lipinski definition) is 6. The van der Waals surface area contributed by atoms with Crippen LogP contribution in [0.1, 0.15) is 0 Å². The highest BCUT2D eigenvalue weighted by molar-refractivity contribution is 7.22. The summed E-state index contributed by atoms with van der Waals surface area (Å²) >= 11 is 3.44. The third kappa shape index (κ3) is 6.28. The molecule has 3 heterocycles. The molecule has 10 aromatic rings. The standard InChI is InChI=1S/C48H30N4S2/c1-3-11-33(12-4-1)42-30-43(34-13-5-2-6-14-34)50-46(49-42)39-28-37(31-19-23-35(24-20-31)47-51-40-15-7-9-17-44(40)53-47)27-38(29-39)32-21-25-36(26-22-32)48-52-41-16-8-10-18-45(41)54-48/h1-30H. The fourth-order valence-corrected chi connectivity index (χ4v) is 8.72. The Morgan fingerprint density at radius 3 is 1.11 bits per heavy atom. The lowest BCUT2D eigenvalue weighted by molar-refractivity contribution is 1.18. The van der Waals surface area contributed by atoms with Gasteiger partial charge in [-0.2, -0.15) is 0 Å². The Morgan fingerprint density at radius 1 is 0.278 bits per heavy atom. The quantitative estimate of drug-likeness (QED) is 0.164. The highest BCUT2D eigenvalue weighted by Gasteiger charge is 2.15.